The fourth-order valence-corrected chi connectivity index (χ4v) is 3.37. The molecule has 1 aromatic carbocycles. The number of hydrogen-bond donors (Lipinski definition) is 2. The van der Waals surface area contributed by atoms with Gasteiger partial charge in [0.2, 0.25) is 5.91 Å². The quantitative estimate of drug-likeness (QED) is 0.381. The molecular formula is C26H34N6O3. The molecule has 9 heteroatoms. The van der Waals surface area contributed by atoms with Gasteiger partial charge in [0.25, 0.3) is 5.91 Å². The minimum Gasteiger partial charge on any atom is -0.484 e. The van der Waals surface area contributed by atoms with E-state index in [1.807, 2.05) is 55.8 Å². The van der Waals surface area contributed by atoms with E-state index in [2.05, 4.69) is 33.4 Å². The molecule has 0 radical (unpaired) electrons. The summed E-state index contributed by atoms with van der Waals surface area (Å²) in [7, 11) is 1.63. The molecule has 3 N–H and O–H groups in total. The van der Waals surface area contributed by atoms with E-state index < -0.39 is 5.91 Å². The van der Waals surface area contributed by atoms with Crippen molar-refractivity contribution in [1.82, 2.24) is 14.8 Å². The first-order valence-electron chi connectivity index (χ1n) is 11.5. The Kier molecular flexibility index (Phi) is 10.1. The van der Waals surface area contributed by atoms with Crippen molar-refractivity contribution in [3.05, 3.63) is 65.3 Å². The van der Waals surface area contributed by atoms with Crippen LogP contribution in [-0.2, 0) is 16.1 Å². The lowest BCUT2D eigenvalue weighted by molar-refractivity contribution is -0.114. The van der Waals surface area contributed by atoms with Crippen molar-refractivity contribution >= 4 is 34.3 Å². The number of primary amides is 1. The van der Waals surface area contributed by atoms with Crippen molar-refractivity contribution in [1.29, 1.82) is 0 Å². The van der Waals surface area contributed by atoms with E-state index in [1.54, 1.807) is 13.2 Å². The van der Waals surface area contributed by atoms with E-state index in [1.165, 1.54) is 6.92 Å². The third-order valence-electron chi connectivity index (χ3n) is 5.09. The van der Waals surface area contributed by atoms with Gasteiger partial charge in [-0.05, 0) is 32.4 Å². The maximum absolute atomic E-state index is 11.3. The largest absolute Gasteiger partial charge is 0.484 e. The highest BCUT2D eigenvalue weighted by Gasteiger charge is 2.13. The first-order chi connectivity index (χ1) is 16.7. The Morgan fingerprint density at radius 3 is 2.49 bits per heavy atom. The highest BCUT2D eigenvalue weighted by atomic mass is 16.5. The van der Waals surface area contributed by atoms with Gasteiger partial charge in [-0.2, -0.15) is 5.10 Å². The Labute approximate surface area is 206 Å². The molecule has 0 bridgehead atoms. The molecule has 186 valence electrons. The Bertz CT molecular complexity index is 1240. The molecule has 3 aromatic rings. The number of anilines is 1. The number of allylic oxidation sites excluding steroid dienone is 2. The standard InChI is InChI=1S/C16H26N4O2.C10H8N2O/c1-7-9-14(18-15(8-2)22-6)10-20-12(4)16(11(3)19-20)17-13(5)21;11-10(13)9-6-5-7-3-1-2-4-8(7)12-9/h9H,7-8,10H2,1-6H3,(H,17,21);1-6H,(H2,11,13)/b14-9+,18-15?;. The van der Waals surface area contributed by atoms with Crippen LogP contribution in [0.1, 0.15) is 55.5 Å². The lowest BCUT2D eigenvalue weighted by atomic mass is 10.2. The number of ether oxygens (including phenoxy) is 1. The molecule has 0 saturated heterocycles. The first-order valence-corrected chi connectivity index (χ1v) is 11.5. The summed E-state index contributed by atoms with van der Waals surface area (Å²) in [5.41, 5.74) is 9.59. The summed E-state index contributed by atoms with van der Waals surface area (Å²) >= 11 is 0. The number of carbonyl (C=O) groups excluding carboxylic acids is 2. The van der Waals surface area contributed by atoms with Crippen LogP contribution in [0.4, 0.5) is 5.69 Å². The Balaban J connectivity index is 0.000000279. The molecule has 0 saturated carbocycles. The maximum atomic E-state index is 11.3. The highest BCUT2D eigenvalue weighted by molar-refractivity contribution is 5.93. The molecular weight excluding hydrogens is 444 g/mol. The van der Waals surface area contributed by atoms with Crippen LogP contribution >= 0.6 is 0 Å². The summed E-state index contributed by atoms with van der Waals surface area (Å²) < 4.78 is 7.10. The lowest BCUT2D eigenvalue weighted by Crippen LogP contribution is -2.12. The smallest absolute Gasteiger partial charge is 0.267 e. The van der Waals surface area contributed by atoms with Crippen LogP contribution in [0.15, 0.2) is 53.2 Å². The zero-order chi connectivity index (χ0) is 26.0. The molecule has 0 fully saturated rings. The number of nitrogens with zero attached hydrogens (tertiary/aromatic N) is 4. The van der Waals surface area contributed by atoms with Gasteiger partial charge >= 0.3 is 0 Å². The topological polar surface area (TPSA) is 124 Å². The molecule has 0 aliphatic carbocycles. The van der Waals surface area contributed by atoms with Gasteiger partial charge in [-0.15, -0.1) is 0 Å². The van der Waals surface area contributed by atoms with Crippen LogP contribution in [0.25, 0.3) is 10.9 Å². The van der Waals surface area contributed by atoms with Crippen LogP contribution in [0.2, 0.25) is 0 Å². The Hall–Kier alpha value is -4.01. The molecule has 2 aromatic heterocycles. The number of fused-ring (bicyclic) bond motifs is 1. The molecule has 2 heterocycles. The minimum absolute atomic E-state index is 0.0965. The molecule has 35 heavy (non-hydrogen) atoms. The van der Waals surface area contributed by atoms with Crippen molar-refractivity contribution in [2.45, 2.75) is 54.0 Å². The van der Waals surface area contributed by atoms with Gasteiger partial charge in [0.05, 0.1) is 41.9 Å². The molecule has 0 aliphatic rings. The Morgan fingerprint density at radius 2 is 1.89 bits per heavy atom. The summed E-state index contributed by atoms with van der Waals surface area (Å²) in [5.74, 6) is 0.106. The third-order valence-corrected chi connectivity index (χ3v) is 5.09. The van der Waals surface area contributed by atoms with Crippen LogP contribution in [0.3, 0.4) is 0 Å². The maximum Gasteiger partial charge on any atom is 0.267 e. The predicted molar refractivity (Wildman–Crippen MR) is 139 cm³/mol. The number of methoxy groups -OCH3 is 1. The van der Waals surface area contributed by atoms with Crippen LogP contribution in [0.5, 0.6) is 0 Å². The van der Waals surface area contributed by atoms with Gasteiger partial charge in [-0.25, -0.2) is 9.98 Å². The van der Waals surface area contributed by atoms with Gasteiger partial charge in [0, 0.05) is 18.7 Å². The number of amides is 2. The van der Waals surface area contributed by atoms with E-state index in [-0.39, 0.29) is 5.91 Å². The van der Waals surface area contributed by atoms with Crippen molar-refractivity contribution in [3.8, 4) is 0 Å². The Morgan fingerprint density at radius 1 is 1.17 bits per heavy atom. The monoisotopic (exact) mass is 478 g/mol. The summed E-state index contributed by atoms with van der Waals surface area (Å²) in [6.07, 6.45) is 3.69. The van der Waals surface area contributed by atoms with E-state index in [0.29, 0.717) is 18.1 Å². The molecule has 0 unspecified atom stereocenters. The molecule has 3 rings (SSSR count). The molecule has 2 amide bonds. The minimum atomic E-state index is -0.495. The number of hydrogen-bond acceptors (Lipinski definition) is 6. The highest BCUT2D eigenvalue weighted by Crippen LogP contribution is 2.20. The van der Waals surface area contributed by atoms with Crippen LogP contribution < -0.4 is 11.1 Å². The fourth-order valence-electron chi connectivity index (χ4n) is 3.37. The third kappa shape index (κ3) is 7.77. The number of carbonyl (C=O) groups is 2. The van der Waals surface area contributed by atoms with Gasteiger partial charge in [-0.1, -0.05) is 44.2 Å². The molecule has 9 nitrogen and oxygen atoms in total. The van der Waals surface area contributed by atoms with E-state index in [4.69, 9.17) is 10.5 Å². The SMILES string of the molecule is CC/C=C(\Cn1nc(C)c(NC(C)=O)c1C)N=C(CC)OC.NC(=O)c1ccc2ccccc2n1. The number of para-hydroxylation sites is 1. The van der Waals surface area contributed by atoms with Gasteiger partial charge in [0.1, 0.15) is 5.69 Å². The van der Waals surface area contributed by atoms with E-state index >= 15 is 0 Å². The number of rotatable bonds is 7. The molecule has 0 aliphatic heterocycles. The second kappa shape index (κ2) is 13.0. The fraction of sp³-hybridized carbons (Fsp3) is 0.346. The summed E-state index contributed by atoms with van der Waals surface area (Å²) in [4.78, 5) is 30.7. The lowest BCUT2D eigenvalue weighted by Gasteiger charge is -2.08. The van der Waals surface area contributed by atoms with Gasteiger partial charge in [-0.3, -0.25) is 14.3 Å². The van der Waals surface area contributed by atoms with Gasteiger partial charge < -0.3 is 15.8 Å². The number of aryl methyl sites for hydroxylation is 1. The second-order valence-electron chi connectivity index (χ2n) is 7.81. The number of aliphatic imine (C=N–C) groups is 1. The van der Waals surface area contributed by atoms with Crippen molar-refractivity contribution in [2.24, 2.45) is 10.7 Å². The van der Waals surface area contributed by atoms with Crippen LogP contribution in [-0.4, -0.2) is 39.6 Å². The number of nitrogens with one attached hydrogen (secondary N) is 1. The molecule has 0 atom stereocenters. The zero-order valence-electron chi connectivity index (χ0n) is 21.3. The first kappa shape index (κ1) is 27.2. The van der Waals surface area contributed by atoms with Crippen molar-refractivity contribution in [2.75, 3.05) is 12.4 Å². The number of aromatic nitrogens is 3. The van der Waals surface area contributed by atoms with E-state index in [9.17, 15) is 9.59 Å². The number of benzene rings is 1. The summed E-state index contributed by atoms with van der Waals surface area (Å²) in [5, 5.41) is 8.33. The van der Waals surface area contributed by atoms with Crippen molar-refractivity contribution in [3.63, 3.8) is 0 Å². The summed E-state index contributed by atoms with van der Waals surface area (Å²) in [6, 6.07) is 11.1. The zero-order valence-corrected chi connectivity index (χ0v) is 21.3. The van der Waals surface area contributed by atoms with Crippen molar-refractivity contribution < 1.29 is 14.3 Å². The summed E-state index contributed by atoms with van der Waals surface area (Å²) in [6.45, 7) is 9.94. The predicted octanol–water partition coefficient (Wildman–Crippen LogP) is 4.54. The average Bonchev–Trinajstić information content (AvgIpc) is 3.09. The average molecular weight is 479 g/mol. The number of pyridine rings is 1. The van der Waals surface area contributed by atoms with E-state index in [0.717, 1.165) is 46.5 Å². The van der Waals surface area contributed by atoms with Crippen LogP contribution in [0, 0.1) is 13.8 Å². The molecule has 0 spiro atoms. The number of nitrogens with two attached hydrogens (primary N) is 1. The normalized spacial score (nSPS) is 11.6. The van der Waals surface area contributed by atoms with Gasteiger partial charge in [0.15, 0.2) is 5.90 Å². The second-order valence-corrected chi connectivity index (χ2v) is 7.81.